The van der Waals surface area contributed by atoms with Crippen LogP contribution < -0.4 is 0 Å². The Morgan fingerprint density at radius 2 is 2.33 bits per heavy atom. The van der Waals surface area contributed by atoms with Gasteiger partial charge in [0.25, 0.3) is 0 Å². The molecule has 76 valence electrons. The fraction of sp³-hybridized carbons (Fsp3) is 0.0909. The molecule has 1 heterocycles. The molecule has 0 atom stereocenters. The van der Waals surface area contributed by atoms with Crippen LogP contribution in [0.5, 0.6) is 0 Å². The molecule has 0 aliphatic rings. The average molecular weight is 203 g/mol. The smallest absolute Gasteiger partial charge is 0.325 e. The zero-order chi connectivity index (χ0) is 10.7. The van der Waals surface area contributed by atoms with Crippen LogP contribution in [0.2, 0.25) is 0 Å². The summed E-state index contributed by atoms with van der Waals surface area (Å²) in [6.07, 6.45) is 3.11. The van der Waals surface area contributed by atoms with E-state index in [1.807, 2.05) is 24.3 Å². The molecule has 0 aliphatic heterocycles. The summed E-state index contributed by atoms with van der Waals surface area (Å²) in [6, 6.07) is 7.48. The summed E-state index contributed by atoms with van der Waals surface area (Å²) in [4.78, 5) is 14.1. The Bertz CT molecular complexity index is 513. The van der Waals surface area contributed by atoms with Crippen molar-refractivity contribution >= 4 is 23.2 Å². The maximum atomic E-state index is 10.3. The second kappa shape index (κ2) is 3.96. The zero-order valence-corrected chi connectivity index (χ0v) is 7.88. The van der Waals surface area contributed by atoms with Gasteiger partial charge in [-0.05, 0) is 12.1 Å². The number of furan rings is 1. The normalized spacial score (nSPS) is 11.2. The second-order valence-electron chi connectivity index (χ2n) is 3.05. The quantitative estimate of drug-likeness (QED) is 0.775. The number of carboxylic acid groups (broad SMARTS) is 1. The summed E-state index contributed by atoms with van der Waals surface area (Å²) in [5.41, 5.74) is 1.52. The van der Waals surface area contributed by atoms with Crippen LogP contribution in [0.15, 0.2) is 39.9 Å². The number of carbonyl (C=O) groups is 1. The van der Waals surface area contributed by atoms with Crippen LogP contribution in [-0.4, -0.2) is 23.8 Å². The molecule has 1 aromatic carbocycles. The van der Waals surface area contributed by atoms with Gasteiger partial charge in [0.05, 0.1) is 6.26 Å². The van der Waals surface area contributed by atoms with E-state index in [9.17, 15) is 4.79 Å². The minimum absolute atomic E-state index is 0.225. The van der Waals surface area contributed by atoms with Crippen molar-refractivity contribution in [1.29, 1.82) is 0 Å². The van der Waals surface area contributed by atoms with E-state index in [1.165, 1.54) is 6.21 Å². The number of fused-ring (bicyclic) bond motifs is 1. The first kappa shape index (κ1) is 9.45. The molecule has 1 aromatic heterocycles. The van der Waals surface area contributed by atoms with Gasteiger partial charge < -0.3 is 9.52 Å². The summed E-state index contributed by atoms with van der Waals surface area (Å²) < 4.78 is 5.27. The molecule has 0 aliphatic carbocycles. The molecule has 0 unspecified atom stereocenters. The lowest BCUT2D eigenvalue weighted by molar-refractivity contribution is -0.135. The Morgan fingerprint density at radius 1 is 1.47 bits per heavy atom. The van der Waals surface area contributed by atoms with Crippen molar-refractivity contribution < 1.29 is 14.3 Å². The number of aliphatic imine (C=N–C) groups is 1. The van der Waals surface area contributed by atoms with Crippen molar-refractivity contribution in [2.24, 2.45) is 4.99 Å². The highest BCUT2D eigenvalue weighted by molar-refractivity contribution is 5.96. The van der Waals surface area contributed by atoms with Gasteiger partial charge in [-0.3, -0.25) is 9.79 Å². The summed E-state index contributed by atoms with van der Waals surface area (Å²) in [5, 5.41) is 9.41. The van der Waals surface area contributed by atoms with Gasteiger partial charge in [-0.2, -0.15) is 0 Å². The molecule has 0 amide bonds. The minimum Gasteiger partial charge on any atom is -0.480 e. The molecule has 0 bridgehead atoms. The number of para-hydroxylation sites is 1. The van der Waals surface area contributed by atoms with Crippen molar-refractivity contribution in [2.75, 3.05) is 6.54 Å². The summed E-state index contributed by atoms with van der Waals surface area (Å²) >= 11 is 0. The SMILES string of the molecule is O=C(O)CN=Cc1cccc2ccoc12. The predicted molar refractivity (Wildman–Crippen MR) is 56.3 cm³/mol. The Morgan fingerprint density at radius 3 is 3.13 bits per heavy atom. The van der Waals surface area contributed by atoms with Crippen LogP contribution in [0.1, 0.15) is 5.56 Å². The third-order valence-corrected chi connectivity index (χ3v) is 1.97. The number of nitrogens with zero attached hydrogens (tertiary/aromatic N) is 1. The number of aliphatic carboxylic acids is 1. The van der Waals surface area contributed by atoms with Crippen LogP contribution in [-0.2, 0) is 4.79 Å². The van der Waals surface area contributed by atoms with Crippen molar-refractivity contribution in [3.8, 4) is 0 Å². The molecular formula is C11H9NO3. The monoisotopic (exact) mass is 203 g/mol. The molecule has 0 fully saturated rings. The molecule has 1 N–H and O–H groups in total. The third kappa shape index (κ3) is 2.04. The second-order valence-corrected chi connectivity index (χ2v) is 3.05. The van der Waals surface area contributed by atoms with E-state index < -0.39 is 5.97 Å². The van der Waals surface area contributed by atoms with E-state index in [0.717, 1.165) is 16.5 Å². The van der Waals surface area contributed by atoms with E-state index in [4.69, 9.17) is 9.52 Å². The Hall–Kier alpha value is -2.10. The standard InChI is InChI=1S/C11H9NO3/c13-10(14)7-12-6-9-3-1-2-8-4-5-15-11(8)9/h1-6H,7H2,(H,13,14). The third-order valence-electron chi connectivity index (χ3n) is 1.97. The molecule has 2 aromatic rings. The van der Waals surface area contributed by atoms with E-state index in [-0.39, 0.29) is 6.54 Å². The van der Waals surface area contributed by atoms with Crippen molar-refractivity contribution in [1.82, 2.24) is 0 Å². The summed E-state index contributed by atoms with van der Waals surface area (Å²) in [5.74, 6) is -0.946. The van der Waals surface area contributed by atoms with Gasteiger partial charge in [0, 0.05) is 17.2 Å². The van der Waals surface area contributed by atoms with Gasteiger partial charge in [-0.15, -0.1) is 0 Å². The van der Waals surface area contributed by atoms with Gasteiger partial charge in [-0.25, -0.2) is 0 Å². The molecule has 0 saturated carbocycles. The molecule has 2 rings (SSSR count). The van der Waals surface area contributed by atoms with Crippen LogP contribution in [0.4, 0.5) is 0 Å². The van der Waals surface area contributed by atoms with Crippen molar-refractivity contribution in [3.05, 3.63) is 36.1 Å². The predicted octanol–water partition coefficient (Wildman–Crippen LogP) is 1.94. The summed E-state index contributed by atoms with van der Waals surface area (Å²) in [6.45, 7) is -0.225. The lowest BCUT2D eigenvalue weighted by Crippen LogP contribution is -1.99. The molecule has 4 nitrogen and oxygen atoms in total. The maximum absolute atomic E-state index is 10.3. The lowest BCUT2D eigenvalue weighted by Gasteiger charge is -1.93. The van der Waals surface area contributed by atoms with E-state index >= 15 is 0 Å². The maximum Gasteiger partial charge on any atom is 0.325 e. The molecule has 0 radical (unpaired) electrons. The van der Waals surface area contributed by atoms with Gasteiger partial charge in [0.15, 0.2) is 0 Å². The van der Waals surface area contributed by atoms with Gasteiger partial charge in [-0.1, -0.05) is 12.1 Å². The van der Waals surface area contributed by atoms with E-state index in [2.05, 4.69) is 4.99 Å². The highest BCUT2D eigenvalue weighted by Crippen LogP contribution is 2.18. The highest BCUT2D eigenvalue weighted by Gasteiger charge is 2.00. The number of benzene rings is 1. The molecule has 4 heteroatoms. The largest absolute Gasteiger partial charge is 0.480 e. The number of hydrogen-bond acceptors (Lipinski definition) is 3. The summed E-state index contributed by atoms with van der Waals surface area (Å²) in [7, 11) is 0. The van der Waals surface area contributed by atoms with Crippen LogP contribution >= 0.6 is 0 Å². The van der Waals surface area contributed by atoms with Crippen LogP contribution in [0, 0.1) is 0 Å². The van der Waals surface area contributed by atoms with Gasteiger partial charge in [0.2, 0.25) is 0 Å². The van der Waals surface area contributed by atoms with Gasteiger partial charge >= 0.3 is 5.97 Å². The first-order valence-electron chi connectivity index (χ1n) is 4.45. The fourth-order valence-electron chi connectivity index (χ4n) is 1.34. The Kier molecular flexibility index (Phi) is 2.49. The topological polar surface area (TPSA) is 62.8 Å². The van der Waals surface area contributed by atoms with Crippen LogP contribution in [0.25, 0.3) is 11.0 Å². The molecule has 0 saturated heterocycles. The number of hydrogen-bond donors (Lipinski definition) is 1. The van der Waals surface area contributed by atoms with Crippen molar-refractivity contribution in [3.63, 3.8) is 0 Å². The lowest BCUT2D eigenvalue weighted by atomic mass is 10.2. The van der Waals surface area contributed by atoms with Gasteiger partial charge in [0.1, 0.15) is 12.1 Å². The van der Waals surface area contributed by atoms with Crippen molar-refractivity contribution in [2.45, 2.75) is 0 Å². The van der Waals surface area contributed by atoms with Crippen LogP contribution in [0.3, 0.4) is 0 Å². The first-order chi connectivity index (χ1) is 7.27. The molecule has 0 spiro atoms. The highest BCUT2D eigenvalue weighted by atomic mass is 16.4. The fourth-order valence-corrected chi connectivity index (χ4v) is 1.34. The Labute approximate surface area is 85.9 Å². The molecule has 15 heavy (non-hydrogen) atoms. The number of rotatable bonds is 3. The van der Waals surface area contributed by atoms with E-state index in [0.29, 0.717) is 0 Å². The average Bonchev–Trinajstić information content (AvgIpc) is 2.65. The molecular weight excluding hydrogens is 194 g/mol. The van der Waals surface area contributed by atoms with E-state index in [1.54, 1.807) is 6.26 Å². The Balaban J connectivity index is 2.31. The first-order valence-corrected chi connectivity index (χ1v) is 4.45. The number of carboxylic acids is 1. The zero-order valence-electron chi connectivity index (χ0n) is 7.88. The minimum atomic E-state index is -0.946.